The van der Waals surface area contributed by atoms with Crippen LogP contribution in [0.4, 0.5) is 9.18 Å². The average Bonchev–Trinajstić information content (AvgIpc) is 3.19. The second-order valence-electron chi connectivity index (χ2n) is 9.93. The summed E-state index contributed by atoms with van der Waals surface area (Å²) in [4.78, 5) is 16.8. The van der Waals surface area contributed by atoms with Gasteiger partial charge in [0.05, 0.1) is 17.8 Å². The van der Waals surface area contributed by atoms with Gasteiger partial charge in [-0.25, -0.2) is 9.18 Å². The number of aromatic nitrogens is 3. The number of aromatic amines is 1. The third-order valence-corrected chi connectivity index (χ3v) is 5.68. The summed E-state index contributed by atoms with van der Waals surface area (Å²) in [7, 11) is 0. The summed E-state index contributed by atoms with van der Waals surface area (Å²) >= 11 is 0. The number of fused-ring (bicyclic) bond motifs is 1. The molecule has 1 atom stereocenters. The molecule has 2 heterocycles. The fourth-order valence-corrected chi connectivity index (χ4v) is 3.84. The Balaban J connectivity index is 1.50. The normalized spacial score (nSPS) is 12.4. The molecular weight excluding hydrogens is 459 g/mol. The number of amides is 1. The Kier molecular flexibility index (Phi) is 7.24. The van der Waals surface area contributed by atoms with Crippen LogP contribution in [0.3, 0.4) is 0 Å². The summed E-state index contributed by atoms with van der Waals surface area (Å²) < 4.78 is 25.6. The highest BCUT2D eigenvalue weighted by Gasteiger charge is 2.21. The van der Waals surface area contributed by atoms with Gasteiger partial charge in [0.15, 0.2) is 0 Å². The van der Waals surface area contributed by atoms with E-state index in [1.165, 1.54) is 6.07 Å². The lowest BCUT2D eigenvalue weighted by Crippen LogP contribution is -2.43. The quantitative estimate of drug-likeness (QED) is 0.337. The van der Waals surface area contributed by atoms with Crippen molar-refractivity contribution in [3.05, 3.63) is 77.5 Å². The molecule has 2 aromatic carbocycles. The molecular formula is C28H31FN4O3. The van der Waals surface area contributed by atoms with Crippen LogP contribution in [0.1, 0.15) is 37.6 Å². The molecule has 2 N–H and O–H groups in total. The fourth-order valence-electron chi connectivity index (χ4n) is 3.84. The first-order chi connectivity index (χ1) is 17.1. The topological polar surface area (TPSA) is 89.1 Å². The molecule has 8 heteroatoms. The molecule has 1 amide bonds. The second kappa shape index (κ2) is 10.4. The molecule has 0 aliphatic rings. The van der Waals surface area contributed by atoms with Crippen molar-refractivity contribution in [3.63, 3.8) is 0 Å². The Morgan fingerprint density at radius 1 is 1.08 bits per heavy atom. The monoisotopic (exact) mass is 490 g/mol. The van der Waals surface area contributed by atoms with Crippen molar-refractivity contribution in [1.82, 2.24) is 20.5 Å². The molecule has 0 aliphatic carbocycles. The van der Waals surface area contributed by atoms with E-state index in [0.29, 0.717) is 17.7 Å². The van der Waals surface area contributed by atoms with Gasteiger partial charge in [-0.1, -0.05) is 18.2 Å². The number of hydrogen-bond donors (Lipinski definition) is 2. The van der Waals surface area contributed by atoms with Crippen LogP contribution in [-0.4, -0.2) is 39.5 Å². The standard InChI is InChI=1S/C28H31FN4O3/c1-17-6-7-19(11-25(17)29)10-22(31-27(34)36-28(3,4)5)16-35-23-12-21(14-30-15-23)20-8-9-26-24(13-20)18(2)32-33-26/h6-9,11-15,22H,10,16H2,1-5H3,(H,31,34)(H,32,33)/t22-/m0/s1. The summed E-state index contributed by atoms with van der Waals surface area (Å²) in [5.41, 5.74) is 4.46. The van der Waals surface area contributed by atoms with Gasteiger partial charge >= 0.3 is 6.09 Å². The Bertz CT molecular complexity index is 1380. The molecule has 7 nitrogen and oxygen atoms in total. The van der Waals surface area contributed by atoms with Crippen LogP contribution < -0.4 is 10.1 Å². The average molecular weight is 491 g/mol. The van der Waals surface area contributed by atoms with Crippen molar-refractivity contribution in [2.24, 2.45) is 0 Å². The van der Waals surface area contributed by atoms with Gasteiger partial charge in [0.25, 0.3) is 0 Å². The molecule has 0 radical (unpaired) electrons. The number of ether oxygens (including phenoxy) is 2. The van der Waals surface area contributed by atoms with E-state index in [9.17, 15) is 9.18 Å². The highest BCUT2D eigenvalue weighted by molar-refractivity contribution is 5.86. The molecule has 4 rings (SSSR count). The molecule has 0 aliphatic heterocycles. The van der Waals surface area contributed by atoms with E-state index in [1.807, 2.05) is 31.2 Å². The van der Waals surface area contributed by atoms with Gasteiger partial charge in [0.1, 0.15) is 23.8 Å². The summed E-state index contributed by atoms with van der Waals surface area (Å²) in [6.07, 6.45) is 3.22. The smallest absolute Gasteiger partial charge is 0.408 e. The number of nitrogens with one attached hydrogen (secondary N) is 2. The number of nitrogens with zero attached hydrogens (tertiary/aromatic N) is 2. The number of carbonyl (C=O) groups is 1. The number of halogens is 1. The number of carbonyl (C=O) groups excluding carboxylic acids is 1. The van der Waals surface area contributed by atoms with Gasteiger partial charge in [0, 0.05) is 22.8 Å². The Morgan fingerprint density at radius 3 is 2.64 bits per heavy atom. The lowest BCUT2D eigenvalue weighted by molar-refractivity contribution is 0.0487. The number of rotatable bonds is 7. The highest BCUT2D eigenvalue weighted by Crippen LogP contribution is 2.27. The van der Waals surface area contributed by atoms with Crippen LogP contribution in [0.5, 0.6) is 5.75 Å². The molecule has 4 aromatic rings. The highest BCUT2D eigenvalue weighted by atomic mass is 19.1. The molecule has 0 unspecified atom stereocenters. The summed E-state index contributed by atoms with van der Waals surface area (Å²) in [5.74, 6) is 0.272. The fraction of sp³-hybridized carbons (Fsp3) is 0.321. The summed E-state index contributed by atoms with van der Waals surface area (Å²) in [6, 6.07) is 12.5. The van der Waals surface area contributed by atoms with Crippen molar-refractivity contribution in [2.45, 2.75) is 52.7 Å². The number of aryl methyl sites for hydroxylation is 2. The van der Waals surface area contributed by atoms with Crippen molar-refractivity contribution >= 4 is 17.0 Å². The van der Waals surface area contributed by atoms with E-state index in [2.05, 4.69) is 26.6 Å². The van der Waals surface area contributed by atoms with Gasteiger partial charge in [-0.3, -0.25) is 10.1 Å². The number of H-pyrrole nitrogens is 1. The van der Waals surface area contributed by atoms with E-state index >= 15 is 0 Å². The zero-order valence-electron chi connectivity index (χ0n) is 21.2. The second-order valence-corrected chi connectivity index (χ2v) is 9.93. The first kappa shape index (κ1) is 25.2. The maximum Gasteiger partial charge on any atom is 0.408 e. The molecule has 188 valence electrons. The number of benzene rings is 2. The largest absolute Gasteiger partial charge is 0.490 e. The van der Waals surface area contributed by atoms with Crippen LogP contribution in [0.25, 0.3) is 22.0 Å². The van der Waals surface area contributed by atoms with Gasteiger partial charge in [-0.2, -0.15) is 5.10 Å². The third kappa shape index (κ3) is 6.38. The summed E-state index contributed by atoms with van der Waals surface area (Å²) in [5, 5.41) is 11.2. The zero-order chi connectivity index (χ0) is 25.9. The van der Waals surface area contributed by atoms with Gasteiger partial charge in [0.2, 0.25) is 0 Å². The lowest BCUT2D eigenvalue weighted by Gasteiger charge is -2.24. The van der Waals surface area contributed by atoms with Gasteiger partial charge in [-0.05, 0) is 82.0 Å². The van der Waals surface area contributed by atoms with Crippen LogP contribution in [0.15, 0.2) is 54.9 Å². The predicted molar refractivity (Wildman–Crippen MR) is 138 cm³/mol. The van der Waals surface area contributed by atoms with E-state index in [4.69, 9.17) is 9.47 Å². The summed E-state index contributed by atoms with van der Waals surface area (Å²) in [6.45, 7) is 9.24. The third-order valence-electron chi connectivity index (χ3n) is 5.68. The van der Waals surface area contributed by atoms with Gasteiger partial charge < -0.3 is 14.8 Å². The molecule has 0 saturated heterocycles. The number of pyridine rings is 1. The van der Waals surface area contributed by atoms with E-state index in [1.54, 1.807) is 46.2 Å². The van der Waals surface area contributed by atoms with Gasteiger partial charge in [-0.15, -0.1) is 0 Å². The van der Waals surface area contributed by atoms with Crippen molar-refractivity contribution in [3.8, 4) is 16.9 Å². The minimum absolute atomic E-state index is 0.153. The molecule has 0 bridgehead atoms. The SMILES string of the molecule is Cc1ccc(C[C@@H](COc2cncc(-c3ccc4n[nH]c(C)c4c3)c2)NC(=O)OC(C)(C)C)cc1F. The van der Waals surface area contributed by atoms with Crippen molar-refractivity contribution < 1.29 is 18.7 Å². The number of hydrogen-bond acceptors (Lipinski definition) is 5. The lowest BCUT2D eigenvalue weighted by atomic mass is 10.0. The van der Waals surface area contributed by atoms with Crippen LogP contribution >= 0.6 is 0 Å². The van der Waals surface area contributed by atoms with Crippen molar-refractivity contribution in [1.29, 1.82) is 0 Å². The zero-order valence-corrected chi connectivity index (χ0v) is 21.2. The Labute approximate surface area is 210 Å². The molecule has 2 aromatic heterocycles. The Morgan fingerprint density at radius 2 is 1.89 bits per heavy atom. The molecule has 0 saturated carbocycles. The first-order valence-corrected chi connectivity index (χ1v) is 11.8. The molecule has 0 fully saturated rings. The van der Waals surface area contributed by atoms with Crippen molar-refractivity contribution in [2.75, 3.05) is 6.61 Å². The predicted octanol–water partition coefficient (Wildman–Crippen LogP) is 5.90. The number of alkyl carbamates (subject to hydrolysis) is 1. The van der Waals surface area contributed by atoms with Crippen LogP contribution in [-0.2, 0) is 11.2 Å². The molecule has 36 heavy (non-hydrogen) atoms. The maximum atomic E-state index is 14.1. The minimum Gasteiger partial charge on any atom is -0.490 e. The van der Waals surface area contributed by atoms with E-state index < -0.39 is 17.7 Å². The maximum absolute atomic E-state index is 14.1. The Hall–Kier alpha value is -3.94. The molecule has 0 spiro atoms. The minimum atomic E-state index is -0.641. The van der Waals surface area contributed by atoms with Crippen LogP contribution in [0.2, 0.25) is 0 Å². The first-order valence-electron chi connectivity index (χ1n) is 11.8. The van der Waals surface area contributed by atoms with E-state index in [-0.39, 0.29) is 12.4 Å². The van der Waals surface area contributed by atoms with E-state index in [0.717, 1.165) is 33.3 Å². The van der Waals surface area contributed by atoms with Crippen LogP contribution in [0, 0.1) is 19.7 Å².